The molecule has 334 valence electrons. The molecule has 0 bridgehead atoms. The Hall–Kier alpha value is -2.75. The largest absolute Gasteiger partial charge is 0.481 e. The monoisotopic (exact) mass is 851 g/mol. The van der Waals surface area contributed by atoms with Gasteiger partial charge in [-0.15, -0.1) is 0 Å². The number of hydrogen-bond donors (Lipinski definition) is 1. The molecular weight excluding hydrogens is 776 g/mol. The first-order chi connectivity index (χ1) is 27.8. The fraction of sp³-hybridized carbons (Fsp3) is 0.760. The summed E-state index contributed by atoms with van der Waals surface area (Å²) in [6.45, 7) is 23.9. The molecule has 4 saturated carbocycles. The zero-order chi connectivity index (χ0) is 44.4. The number of rotatable bonds is 14. The third kappa shape index (κ3) is 8.04. The number of likely N-dealkylation sites (N-methyl/N-ethyl adjacent to an activating group) is 1. The quantitative estimate of drug-likeness (QED) is 0.183. The number of carboxylic acids is 1. The Labute approximate surface area is 365 Å². The van der Waals surface area contributed by atoms with E-state index in [9.17, 15) is 24.3 Å². The highest BCUT2D eigenvalue weighted by Gasteiger charge is 2.71. The number of nitrogens with zero attached hydrogens (tertiary/aromatic N) is 2. The molecule has 0 heterocycles. The standard InChI is InChI=1S/C50H75ClN2O7/c1-31(2)42-36(55)27-50(40(59-32(3)54)30-53(26-25-52(11)12)29-33-15-13-14-16-35(33)51)24-23-48(9)34(43(42)50)17-18-38-47(8)21-20-39(60-41(56)28-45(4,5)44(57)58)46(6,7)37(47)19-22-49(38,48)10/h13-16,31,34,37-40H,17-30H2,1-12H3,(H,57,58)/t34-,37+,38-,39+,40+,47+,48-,49?,50+/m1/s1. The first-order valence-corrected chi connectivity index (χ1v) is 23.2. The van der Waals surface area contributed by atoms with Crippen LogP contribution in [0.4, 0.5) is 0 Å². The lowest BCUT2D eigenvalue weighted by Crippen LogP contribution is -2.66. The third-order valence-corrected chi connectivity index (χ3v) is 17.8. The molecule has 5 aliphatic carbocycles. The Bertz CT molecular complexity index is 1870. The van der Waals surface area contributed by atoms with E-state index in [2.05, 4.69) is 78.4 Å². The van der Waals surface area contributed by atoms with Crippen molar-refractivity contribution in [1.29, 1.82) is 0 Å². The number of aliphatic carboxylic acids is 1. The highest BCUT2D eigenvalue weighted by atomic mass is 35.5. The summed E-state index contributed by atoms with van der Waals surface area (Å²) in [7, 11) is 4.14. The number of ketones is 1. The summed E-state index contributed by atoms with van der Waals surface area (Å²) in [5.74, 6) is -0.492. The molecule has 9 atom stereocenters. The Morgan fingerprint density at radius 3 is 2.22 bits per heavy atom. The van der Waals surface area contributed by atoms with Gasteiger partial charge in [-0.05, 0) is 142 Å². The number of carbonyl (C=O) groups is 4. The molecule has 0 aliphatic heterocycles. The molecule has 0 amide bonds. The van der Waals surface area contributed by atoms with Gasteiger partial charge in [0.1, 0.15) is 12.2 Å². The summed E-state index contributed by atoms with van der Waals surface area (Å²) in [5.41, 5.74) is 1.21. The minimum Gasteiger partial charge on any atom is -0.481 e. The van der Waals surface area contributed by atoms with Crippen LogP contribution in [0.3, 0.4) is 0 Å². The normalized spacial score (nSPS) is 34.2. The van der Waals surface area contributed by atoms with Crippen LogP contribution in [0.25, 0.3) is 0 Å². The molecule has 6 rings (SSSR count). The minimum atomic E-state index is -1.18. The summed E-state index contributed by atoms with van der Waals surface area (Å²) in [6.07, 6.45) is 7.04. The van der Waals surface area contributed by atoms with Gasteiger partial charge in [-0.25, -0.2) is 0 Å². The maximum Gasteiger partial charge on any atom is 0.309 e. The molecule has 1 aromatic carbocycles. The number of carboxylic acid groups (broad SMARTS) is 1. The second-order valence-electron chi connectivity index (χ2n) is 22.3. The molecule has 9 nitrogen and oxygen atoms in total. The predicted molar refractivity (Wildman–Crippen MR) is 236 cm³/mol. The van der Waals surface area contributed by atoms with Gasteiger partial charge in [0.25, 0.3) is 0 Å². The number of Topliss-reactive ketones (excluding diaryl/α,β-unsaturated/α-hetero) is 1. The van der Waals surface area contributed by atoms with Crippen molar-refractivity contribution in [3.63, 3.8) is 0 Å². The van der Waals surface area contributed by atoms with Gasteiger partial charge in [0, 0.05) is 55.4 Å². The van der Waals surface area contributed by atoms with Gasteiger partial charge in [0.2, 0.25) is 0 Å². The van der Waals surface area contributed by atoms with Gasteiger partial charge in [-0.3, -0.25) is 24.1 Å². The molecule has 5 aliphatic rings. The zero-order valence-electron chi connectivity index (χ0n) is 38.8. The van der Waals surface area contributed by atoms with Gasteiger partial charge in [0.15, 0.2) is 5.78 Å². The second-order valence-corrected chi connectivity index (χ2v) is 22.7. The Morgan fingerprint density at radius 1 is 0.917 bits per heavy atom. The summed E-state index contributed by atoms with van der Waals surface area (Å²) >= 11 is 6.74. The molecule has 0 spiro atoms. The first kappa shape index (κ1) is 46.7. The smallest absolute Gasteiger partial charge is 0.309 e. The number of hydrogen-bond acceptors (Lipinski definition) is 8. The van der Waals surface area contributed by atoms with Crippen LogP contribution in [-0.4, -0.2) is 84.5 Å². The van der Waals surface area contributed by atoms with Crippen LogP contribution in [0.1, 0.15) is 139 Å². The van der Waals surface area contributed by atoms with Crippen molar-refractivity contribution in [3.8, 4) is 0 Å². The molecule has 1 N–H and O–H groups in total. The van der Waals surface area contributed by atoms with Crippen LogP contribution in [0.15, 0.2) is 35.4 Å². The number of carbonyl (C=O) groups excluding carboxylic acids is 3. The molecule has 1 aromatic rings. The van der Waals surface area contributed by atoms with Crippen LogP contribution in [0.2, 0.25) is 5.02 Å². The number of halogens is 1. The summed E-state index contributed by atoms with van der Waals surface area (Å²) in [5, 5.41) is 10.4. The van der Waals surface area contributed by atoms with Crippen molar-refractivity contribution < 1.29 is 33.8 Å². The average molecular weight is 852 g/mol. The molecule has 0 radical (unpaired) electrons. The molecule has 0 saturated heterocycles. The highest BCUT2D eigenvalue weighted by molar-refractivity contribution is 6.31. The van der Waals surface area contributed by atoms with E-state index in [1.54, 1.807) is 13.8 Å². The van der Waals surface area contributed by atoms with Crippen LogP contribution in [0.5, 0.6) is 0 Å². The molecular formula is C50H75ClN2O7. The van der Waals surface area contributed by atoms with E-state index in [4.69, 9.17) is 21.1 Å². The van der Waals surface area contributed by atoms with E-state index in [-0.39, 0.29) is 57.8 Å². The lowest BCUT2D eigenvalue weighted by atomic mass is 9.33. The van der Waals surface area contributed by atoms with Crippen LogP contribution in [0, 0.1) is 56.2 Å². The van der Waals surface area contributed by atoms with Gasteiger partial charge < -0.3 is 19.5 Å². The predicted octanol–water partition coefficient (Wildman–Crippen LogP) is 10.0. The van der Waals surface area contributed by atoms with Gasteiger partial charge in [-0.1, -0.05) is 78.3 Å². The van der Waals surface area contributed by atoms with Gasteiger partial charge in [-0.2, -0.15) is 0 Å². The maximum absolute atomic E-state index is 14.6. The average Bonchev–Trinajstić information content (AvgIpc) is 3.45. The van der Waals surface area contributed by atoms with Crippen molar-refractivity contribution >= 4 is 35.3 Å². The molecule has 10 heteroatoms. The fourth-order valence-corrected chi connectivity index (χ4v) is 14.3. The fourth-order valence-electron chi connectivity index (χ4n) is 14.1. The number of allylic oxidation sites excluding steroid dienone is 1. The van der Waals surface area contributed by atoms with Crippen LogP contribution >= 0.6 is 11.6 Å². The van der Waals surface area contributed by atoms with Crippen molar-refractivity contribution in [2.75, 3.05) is 33.7 Å². The Morgan fingerprint density at radius 2 is 1.60 bits per heavy atom. The zero-order valence-corrected chi connectivity index (χ0v) is 39.6. The first-order valence-electron chi connectivity index (χ1n) is 22.8. The van der Waals surface area contributed by atoms with Crippen molar-refractivity contribution in [2.45, 2.75) is 152 Å². The molecule has 60 heavy (non-hydrogen) atoms. The minimum absolute atomic E-state index is 0.00209. The van der Waals surface area contributed by atoms with Crippen molar-refractivity contribution in [2.24, 2.45) is 56.2 Å². The van der Waals surface area contributed by atoms with E-state index in [1.807, 2.05) is 18.2 Å². The second kappa shape index (κ2) is 16.7. The highest BCUT2D eigenvalue weighted by Crippen LogP contribution is 2.77. The summed E-state index contributed by atoms with van der Waals surface area (Å²) < 4.78 is 12.7. The number of ether oxygens (including phenoxy) is 2. The van der Waals surface area contributed by atoms with E-state index in [0.717, 1.165) is 75.6 Å². The topological polar surface area (TPSA) is 113 Å². The van der Waals surface area contributed by atoms with E-state index in [0.29, 0.717) is 36.4 Å². The molecule has 1 unspecified atom stereocenters. The van der Waals surface area contributed by atoms with Crippen molar-refractivity contribution in [1.82, 2.24) is 9.80 Å². The van der Waals surface area contributed by atoms with E-state index >= 15 is 0 Å². The van der Waals surface area contributed by atoms with E-state index in [1.165, 1.54) is 12.5 Å². The summed E-state index contributed by atoms with van der Waals surface area (Å²) in [4.78, 5) is 57.4. The molecule has 4 fully saturated rings. The van der Waals surface area contributed by atoms with Gasteiger partial charge in [0.05, 0.1) is 11.8 Å². The van der Waals surface area contributed by atoms with E-state index < -0.39 is 28.9 Å². The lowest BCUT2D eigenvalue weighted by Gasteiger charge is -2.72. The maximum atomic E-state index is 14.6. The number of fused-ring (bicyclic) bond motifs is 7. The number of esters is 2. The van der Waals surface area contributed by atoms with Crippen LogP contribution in [-0.2, 0) is 35.2 Å². The molecule has 0 aromatic heterocycles. The third-order valence-electron chi connectivity index (χ3n) is 17.4. The summed E-state index contributed by atoms with van der Waals surface area (Å²) in [6, 6.07) is 7.95. The van der Waals surface area contributed by atoms with Crippen LogP contribution < -0.4 is 0 Å². The Balaban J connectivity index is 1.34. The SMILES string of the molecule is CC(=O)O[C@@H](CN(CCN(C)C)Cc1ccccc1Cl)[C@@]12CC[C@]3(C)[C@H](CC[C@H]4C3(C)CC[C@H]3C(C)(C)[C@@H](OC(=O)CC(C)(C)C(=O)O)CC[C@@]34C)C1=C(C(C)C)C(=O)C2. The Kier molecular flexibility index (Phi) is 13.0. The van der Waals surface area contributed by atoms with Crippen molar-refractivity contribution in [3.05, 3.63) is 46.0 Å². The lowest BCUT2D eigenvalue weighted by molar-refractivity contribution is -0.235. The van der Waals surface area contributed by atoms with Gasteiger partial charge >= 0.3 is 17.9 Å². The number of benzene rings is 1.